The van der Waals surface area contributed by atoms with Crippen molar-refractivity contribution in [3.63, 3.8) is 0 Å². The molecule has 0 aromatic heterocycles. The molecule has 0 aliphatic heterocycles. The Labute approximate surface area is 120 Å². The standard InChI is InChI=1S/C19H20O/c1-12-6-2-4-8-14(12)19(20)18-16-11-10-13-7-3-5-9-15(13)17(16)18/h2-9,16-20H,10-11H2,1H3. The van der Waals surface area contributed by atoms with Crippen LogP contribution in [-0.2, 0) is 6.42 Å². The van der Waals surface area contributed by atoms with Crippen LogP contribution in [0.2, 0.25) is 0 Å². The second kappa shape index (κ2) is 4.46. The summed E-state index contributed by atoms with van der Waals surface area (Å²) in [6, 6.07) is 17.0. The molecule has 0 amide bonds. The monoisotopic (exact) mass is 264 g/mol. The molecule has 1 nitrogen and oxygen atoms in total. The van der Waals surface area contributed by atoms with Gasteiger partial charge in [-0.3, -0.25) is 0 Å². The van der Waals surface area contributed by atoms with Crippen LogP contribution in [0.3, 0.4) is 0 Å². The van der Waals surface area contributed by atoms with Crippen LogP contribution in [0.1, 0.15) is 40.7 Å². The number of aliphatic hydroxyl groups is 1. The topological polar surface area (TPSA) is 20.2 Å². The van der Waals surface area contributed by atoms with Crippen molar-refractivity contribution in [1.29, 1.82) is 0 Å². The number of rotatable bonds is 2. The third-order valence-corrected chi connectivity index (χ3v) is 5.26. The second-order valence-electron chi connectivity index (χ2n) is 6.31. The summed E-state index contributed by atoms with van der Waals surface area (Å²) in [5.41, 5.74) is 5.30. The van der Waals surface area contributed by atoms with Gasteiger partial charge in [0.1, 0.15) is 0 Å². The lowest BCUT2D eigenvalue weighted by molar-refractivity contribution is 0.144. The van der Waals surface area contributed by atoms with Crippen molar-refractivity contribution in [2.75, 3.05) is 0 Å². The van der Waals surface area contributed by atoms with E-state index in [1.807, 2.05) is 12.1 Å². The summed E-state index contributed by atoms with van der Waals surface area (Å²) in [7, 11) is 0. The fraction of sp³-hybridized carbons (Fsp3) is 0.368. The molecule has 0 saturated heterocycles. The average Bonchev–Trinajstić information content (AvgIpc) is 3.22. The molecule has 102 valence electrons. The Morgan fingerprint density at radius 3 is 2.65 bits per heavy atom. The van der Waals surface area contributed by atoms with Gasteiger partial charge in [-0.1, -0.05) is 48.5 Å². The van der Waals surface area contributed by atoms with Crippen molar-refractivity contribution in [3.8, 4) is 0 Å². The van der Waals surface area contributed by atoms with E-state index in [0.29, 0.717) is 17.8 Å². The minimum atomic E-state index is -0.308. The zero-order valence-electron chi connectivity index (χ0n) is 11.8. The predicted octanol–water partition coefficient (Wildman–Crippen LogP) is 4.00. The van der Waals surface area contributed by atoms with Crippen LogP contribution in [0.4, 0.5) is 0 Å². The molecule has 0 heterocycles. The molecule has 1 saturated carbocycles. The first kappa shape index (κ1) is 12.2. The fourth-order valence-electron chi connectivity index (χ4n) is 4.18. The van der Waals surface area contributed by atoms with Crippen molar-refractivity contribution in [3.05, 3.63) is 70.8 Å². The fourth-order valence-corrected chi connectivity index (χ4v) is 4.18. The molecule has 0 spiro atoms. The molecule has 2 aromatic carbocycles. The summed E-state index contributed by atoms with van der Waals surface area (Å²) >= 11 is 0. The van der Waals surface area contributed by atoms with Crippen molar-refractivity contribution in [2.24, 2.45) is 11.8 Å². The van der Waals surface area contributed by atoms with E-state index in [4.69, 9.17) is 0 Å². The van der Waals surface area contributed by atoms with E-state index in [0.717, 1.165) is 5.56 Å². The summed E-state index contributed by atoms with van der Waals surface area (Å²) in [4.78, 5) is 0. The summed E-state index contributed by atoms with van der Waals surface area (Å²) in [6.45, 7) is 2.10. The first-order valence-corrected chi connectivity index (χ1v) is 7.59. The summed E-state index contributed by atoms with van der Waals surface area (Å²) < 4.78 is 0. The highest BCUT2D eigenvalue weighted by molar-refractivity contribution is 5.41. The maximum absolute atomic E-state index is 10.8. The number of fused-ring (bicyclic) bond motifs is 3. The van der Waals surface area contributed by atoms with Crippen LogP contribution >= 0.6 is 0 Å². The Bertz CT molecular complexity index is 646. The van der Waals surface area contributed by atoms with Crippen LogP contribution in [0, 0.1) is 18.8 Å². The van der Waals surface area contributed by atoms with E-state index in [2.05, 4.69) is 43.3 Å². The zero-order valence-corrected chi connectivity index (χ0v) is 11.8. The van der Waals surface area contributed by atoms with Crippen LogP contribution in [0.15, 0.2) is 48.5 Å². The molecule has 4 rings (SSSR count). The largest absolute Gasteiger partial charge is 0.388 e. The summed E-state index contributed by atoms with van der Waals surface area (Å²) in [5, 5.41) is 10.8. The van der Waals surface area contributed by atoms with Gasteiger partial charge in [0.25, 0.3) is 0 Å². The number of hydrogen-bond acceptors (Lipinski definition) is 1. The minimum absolute atomic E-state index is 0.308. The van der Waals surface area contributed by atoms with Crippen molar-refractivity contribution in [2.45, 2.75) is 31.8 Å². The van der Waals surface area contributed by atoms with Crippen LogP contribution < -0.4 is 0 Å². The average molecular weight is 264 g/mol. The first-order chi connectivity index (χ1) is 9.77. The first-order valence-electron chi connectivity index (χ1n) is 7.59. The van der Waals surface area contributed by atoms with Gasteiger partial charge in [0.05, 0.1) is 6.10 Å². The number of benzene rings is 2. The second-order valence-corrected chi connectivity index (χ2v) is 6.31. The zero-order chi connectivity index (χ0) is 13.7. The number of aliphatic hydroxyl groups excluding tert-OH is 1. The molecule has 20 heavy (non-hydrogen) atoms. The Morgan fingerprint density at radius 2 is 1.80 bits per heavy atom. The molecule has 4 unspecified atom stereocenters. The van der Waals surface area contributed by atoms with Crippen molar-refractivity contribution < 1.29 is 5.11 Å². The van der Waals surface area contributed by atoms with Crippen molar-refractivity contribution >= 4 is 0 Å². The summed E-state index contributed by atoms with van der Waals surface area (Å²) in [5.74, 6) is 1.67. The lowest BCUT2D eigenvalue weighted by Gasteiger charge is -2.14. The molecule has 4 atom stereocenters. The predicted molar refractivity (Wildman–Crippen MR) is 80.6 cm³/mol. The third-order valence-electron chi connectivity index (χ3n) is 5.26. The maximum atomic E-state index is 10.8. The number of hydrogen-bond donors (Lipinski definition) is 1. The molecular formula is C19H20O. The minimum Gasteiger partial charge on any atom is -0.388 e. The maximum Gasteiger partial charge on any atom is 0.0829 e. The van der Waals surface area contributed by atoms with Crippen LogP contribution in [-0.4, -0.2) is 5.11 Å². The third kappa shape index (κ3) is 1.73. The lowest BCUT2D eigenvalue weighted by Crippen LogP contribution is -2.04. The highest BCUT2D eigenvalue weighted by Gasteiger charge is 2.56. The van der Waals surface area contributed by atoms with Gasteiger partial charge in [-0.2, -0.15) is 0 Å². The molecule has 2 aliphatic carbocycles. The molecule has 0 radical (unpaired) electrons. The SMILES string of the molecule is Cc1ccccc1C(O)C1C2CCc3ccccc3C21. The van der Waals surface area contributed by atoms with Gasteiger partial charge in [-0.05, 0) is 59.8 Å². The van der Waals surface area contributed by atoms with Gasteiger partial charge in [0, 0.05) is 0 Å². The van der Waals surface area contributed by atoms with E-state index in [9.17, 15) is 5.11 Å². The van der Waals surface area contributed by atoms with E-state index >= 15 is 0 Å². The van der Waals surface area contributed by atoms with Gasteiger partial charge in [-0.25, -0.2) is 0 Å². The molecule has 2 aliphatic rings. The van der Waals surface area contributed by atoms with Crippen LogP contribution in [0.5, 0.6) is 0 Å². The smallest absolute Gasteiger partial charge is 0.0829 e. The van der Waals surface area contributed by atoms with Gasteiger partial charge < -0.3 is 5.11 Å². The Hall–Kier alpha value is -1.60. The van der Waals surface area contributed by atoms with Gasteiger partial charge >= 0.3 is 0 Å². The quantitative estimate of drug-likeness (QED) is 0.869. The molecule has 1 fully saturated rings. The number of aryl methyl sites for hydroxylation is 2. The van der Waals surface area contributed by atoms with E-state index < -0.39 is 0 Å². The van der Waals surface area contributed by atoms with Gasteiger partial charge in [0.2, 0.25) is 0 Å². The Morgan fingerprint density at radius 1 is 1.05 bits per heavy atom. The highest BCUT2D eigenvalue weighted by Crippen LogP contribution is 2.64. The molecular weight excluding hydrogens is 244 g/mol. The highest BCUT2D eigenvalue weighted by atomic mass is 16.3. The Balaban J connectivity index is 1.66. The molecule has 1 heteroatoms. The lowest BCUT2D eigenvalue weighted by atomic mass is 9.92. The van der Waals surface area contributed by atoms with Gasteiger partial charge in [-0.15, -0.1) is 0 Å². The summed E-state index contributed by atoms with van der Waals surface area (Å²) in [6.07, 6.45) is 2.10. The molecule has 2 aromatic rings. The molecule has 1 N–H and O–H groups in total. The normalized spacial score (nSPS) is 28.4. The van der Waals surface area contributed by atoms with Crippen LogP contribution in [0.25, 0.3) is 0 Å². The van der Waals surface area contributed by atoms with Crippen molar-refractivity contribution in [1.82, 2.24) is 0 Å². The Kier molecular flexibility index (Phi) is 2.71. The van der Waals surface area contributed by atoms with E-state index in [1.165, 1.54) is 29.5 Å². The van der Waals surface area contributed by atoms with E-state index in [1.54, 1.807) is 0 Å². The molecule has 0 bridgehead atoms. The van der Waals surface area contributed by atoms with Gasteiger partial charge in [0.15, 0.2) is 0 Å². The van der Waals surface area contributed by atoms with E-state index in [-0.39, 0.29) is 6.10 Å².